The Morgan fingerprint density at radius 3 is 2.42 bits per heavy atom. The van der Waals surface area contributed by atoms with Crippen LogP contribution in [0.4, 0.5) is 0 Å². The molecule has 0 aliphatic carbocycles. The van der Waals surface area contributed by atoms with Gasteiger partial charge in [-0.2, -0.15) is 0 Å². The van der Waals surface area contributed by atoms with E-state index >= 15 is 0 Å². The van der Waals surface area contributed by atoms with Crippen LogP contribution in [0.15, 0.2) is 36.1 Å². The highest BCUT2D eigenvalue weighted by molar-refractivity contribution is 7.09. The third-order valence-electron chi connectivity index (χ3n) is 6.34. The summed E-state index contributed by atoms with van der Waals surface area (Å²) in [5, 5.41) is 13.3. The summed E-state index contributed by atoms with van der Waals surface area (Å²) in [4.78, 5) is 13.6. The van der Waals surface area contributed by atoms with E-state index in [2.05, 4.69) is 31.9 Å². The van der Waals surface area contributed by atoms with Crippen molar-refractivity contribution in [3.05, 3.63) is 46.7 Å². The van der Waals surface area contributed by atoms with E-state index in [-0.39, 0.29) is 0 Å². The standard InChI is InChI=1S/C20H28N4OS/c25-16-18-14-24(15-19-22-8-12-26-19)11-5-20(18)3-9-23(10-4-20)13-17-1-6-21-7-2-17/h1-2,6-8,12,18,25H,3-5,9-11,13-16H2/t18-/m1/s1. The van der Waals surface area contributed by atoms with Crippen LogP contribution in [0.25, 0.3) is 0 Å². The van der Waals surface area contributed by atoms with Gasteiger partial charge in [0.1, 0.15) is 5.01 Å². The highest BCUT2D eigenvalue weighted by Gasteiger charge is 2.44. The molecular weight excluding hydrogens is 344 g/mol. The molecule has 0 saturated carbocycles. The van der Waals surface area contributed by atoms with Gasteiger partial charge in [-0.1, -0.05) is 0 Å². The molecule has 5 nitrogen and oxygen atoms in total. The number of thiazole rings is 1. The first-order valence-corrected chi connectivity index (χ1v) is 10.5. The Hall–Kier alpha value is -1.34. The molecule has 2 fully saturated rings. The number of aromatic nitrogens is 2. The molecule has 2 aromatic heterocycles. The molecule has 26 heavy (non-hydrogen) atoms. The van der Waals surface area contributed by atoms with Crippen LogP contribution in [0.3, 0.4) is 0 Å². The quantitative estimate of drug-likeness (QED) is 0.874. The first kappa shape index (κ1) is 18.0. The summed E-state index contributed by atoms with van der Waals surface area (Å²) >= 11 is 1.73. The number of nitrogens with zero attached hydrogens (tertiary/aromatic N) is 4. The molecular formula is C20H28N4OS. The second kappa shape index (κ2) is 8.13. The Morgan fingerprint density at radius 2 is 1.77 bits per heavy atom. The van der Waals surface area contributed by atoms with Crippen molar-refractivity contribution in [2.75, 3.05) is 32.8 Å². The van der Waals surface area contributed by atoms with Gasteiger partial charge in [0.15, 0.2) is 0 Å². The zero-order chi connectivity index (χ0) is 17.8. The molecule has 1 atom stereocenters. The third kappa shape index (κ3) is 3.98. The fraction of sp³-hybridized carbons (Fsp3) is 0.600. The predicted molar refractivity (Wildman–Crippen MR) is 104 cm³/mol. The summed E-state index contributed by atoms with van der Waals surface area (Å²) in [6.07, 6.45) is 9.24. The lowest BCUT2D eigenvalue weighted by atomic mass is 9.64. The van der Waals surface area contributed by atoms with E-state index in [9.17, 15) is 5.11 Å². The SMILES string of the molecule is OC[C@H]1CN(Cc2nccs2)CCC12CCN(Cc1ccncc1)CC2. The molecule has 140 valence electrons. The van der Waals surface area contributed by atoms with Gasteiger partial charge in [-0.25, -0.2) is 4.98 Å². The maximum Gasteiger partial charge on any atom is 0.107 e. The monoisotopic (exact) mass is 372 g/mol. The Bertz CT molecular complexity index is 670. The Morgan fingerprint density at radius 1 is 1.04 bits per heavy atom. The molecule has 1 spiro atoms. The van der Waals surface area contributed by atoms with E-state index in [0.717, 1.165) is 39.3 Å². The average Bonchev–Trinajstić information content (AvgIpc) is 3.19. The smallest absolute Gasteiger partial charge is 0.107 e. The predicted octanol–water partition coefficient (Wildman–Crippen LogP) is 2.63. The zero-order valence-electron chi connectivity index (χ0n) is 15.3. The summed E-state index contributed by atoms with van der Waals surface area (Å²) in [5.41, 5.74) is 1.66. The number of rotatable bonds is 5. The number of likely N-dealkylation sites (tertiary alicyclic amines) is 2. The minimum Gasteiger partial charge on any atom is -0.396 e. The summed E-state index contributed by atoms with van der Waals surface area (Å²) in [7, 11) is 0. The molecule has 0 radical (unpaired) electrons. The topological polar surface area (TPSA) is 52.5 Å². The van der Waals surface area contributed by atoms with Gasteiger partial charge in [0, 0.05) is 49.6 Å². The van der Waals surface area contributed by atoms with E-state index in [1.165, 1.54) is 29.8 Å². The highest BCUT2D eigenvalue weighted by Crippen LogP contribution is 2.45. The van der Waals surface area contributed by atoms with Gasteiger partial charge in [0.05, 0.1) is 6.54 Å². The van der Waals surface area contributed by atoms with Crippen LogP contribution in [0, 0.1) is 11.3 Å². The number of pyridine rings is 1. The van der Waals surface area contributed by atoms with Gasteiger partial charge in [0.25, 0.3) is 0 Å². The molecule has 0 aromatic carbocycles. The molecule has 4 heterocycles. The van der Waals surface area contributed by atoms with Crippen molar-refractivity contribution in [3.8, 4) is 0 Å². The van der Waals surface area contributed by atoms with Crippen molar-refractivity contribution in [2.45, 2.75) is 32.4 Å². The van der Waals surface area contributed by atoms with E-state index in [1.54, 1.807) is 11.3 Å². The lowest BCUT2D eigenvalue weighted by Gasteiger charge is -2.51. The van der Waals surface area contributed by atoms with Crippen LogP contribution < -0.4 is 0 Å². The molecule has 2 aliphatic rings. The molecule has 1 N–H and O–H groups in total. The molecule has 0 amide bonds. The average molecular weight is 373 g/mol. The molecule has 2 saturated heterocycles. The van der Waals surface area contributed by atoms with Crippen LogP contribution in [0.1, 0.15) is 29.8 Å². The van der Waals surface area contributed by atoms with E-state index in [0.29, 0.717) is 17.9 Å². The van der Waals surface area contributed by atoms with Crippen molar-refractivity contribution < 1.29 is 5.11 Å². The number of hydrogen-bond donors (Lipinski definition) is 1. The first-order chi connectivity index (χ1) is 12.8. The molecule has 6 heteroatoms. The van der Waals surface area contributed by atoms with Gasteiger partial charge in [-0.15, -0.1) is 11.3 Å². The summed E-state index contributed by atoms with van der Waals surface area (Å²) in [5.74, 6) is 0.388. The maximum atomic E-state index is 10.1. The maximum absolute atomic E-state index is 10.1. The van der Waals surface area contributed by atoms with Gasteiger partial charge >= 0.3 is 0 Å². The van der Waals surface area contributed by atoms with Crippen molar-refractivity contribution in [1.29, 1.82) is 0 Å². The summed E-state index contributed by atoms with van der Waals surface area (Å²) in [6, 6.07) is 4.22. The van der Waals surface area contributed by atoms with Crippen LogP contribution >= 0.6 is 11.3 Å². The normalized spacial score (nSPS) is 24.1. The fourth-order valence-electron chi connectivity index (χ4n) is 4.66. The second-order valence-corrected chi connectivity index (χ2v) is 8.76. The molecule has 2 aliphatic heterocycles. The molecule has 0 bridgehead atoms. The number of aliphatic hydroxyl groups is 1. The summed E-state index contributed by atoms with van der Waals surface area (Å²) in [6.45, 7) is 6.63. The van der Waals surface area contributed by atoms with Gasteiger partial charge in [-0.3, -0.25) is 14.8 Å². The lowest BCUT2D eigenvalue weighted by molar-refractivity contribution is -0.0450. The number of aliphatic hydroxyl groups excluding tert-OH is 1. The number of hydrogen-bond acceptors (Lipinski definition) is 6. The molecule has 4 rings (SSSR count). The van der Waals surface area contributed by atoms with Crippen LogP contribution in [0.2, 0.25) is 0 Å². The first-order valence-electron chi connectivity index (χ1n) is 9.60. The highest BCUT2D eigenvalue weighted by atomic mass is 32.1. The largest absolute Gasteiger partial charge is 0.396 e. The zero-order valence-corrected chi connectivity index (χ0v) is 16.1. The summed E-state index contributed by atoms with van der Waals surface area (Å²) < 4.78 is 0. The number of piperidine rings is 2. The van der Waals surface area contributed by atoms with Crippen molar-refractivity contribution in [1.82, 2.24) is 19.8 Å². The van der Waals surface area contributed by atoms with Crippen LogP contribution in [-0.4, -0.2) is 57.7 Å². The Kier molecular flexibility index (Phi) is 5.64. The Labute approximate surface area is 159 Å². The Balaban J connectivity index is 1.34. The van der Waals surface area contributed by atoms with Crippen molar-refractivity contribution >= 4 is 11.3 Å². The van der Waals surface area contributed by atoms with Crippen molar-refractivity contribution in [3.63, 3.8) is 0 Å². The van der Waals surface area contributed by atoms with E-state index in [1.807, 2.05) is 24.0 Å². The lowest BCUT2D eigenvalue weighted by Crippen LogP contribution is -2.53. The van der Waals surface area contributed by atoms with Gasteiger partial charge in [-0.05, 0) is 62.0 Å². The van der Waals surface area contributed by atoms with E-state index in [4.69, 9.17) is 0 Å². The van der Waals surface area contributed by atoms with Crippen LogP contribution in [0.5, 0.6) is 0 Å². The van der Waals surface area contributed by atoms with Gasteiger partial charge in [0.2, 0.25) is 0 Å². The molecule has 0 unspecified atom stereocenters. The minimum absolute atomic E-state index is 0.304. The van der Waals surface area contributed by atoms with Crippen molar-refractivity contribution in [2.24, 2.45) is 11.3 Å². The fourth-order valence-corrected chi connectivity index (χ4v) is 5.32. The van der Waals surface area contributed by atoms with E-state index < -0.39 is 0 Å². The minimum atomic E-state index is 0.304. The third-order valence-corrected chi connectivity index (χ3v) is 7.11. The molecule has 2 aromatic rings. The van der Waals surface area contributed by atoms with Gasteiger partial charge < -0.3 is 5.11 Å². The van der Waals surface area contributed by atoms with Crippen LogP contribution in [-0.2, 0) is 13.1 Å². The second-order valence-electron chi connectivity index (χ2n) is 7.78.